The number of para-hydroxylation sites is 1. The third-order valence-corrected chi connectivity index (χ3v) is 2.74. The molecule has 0 amide bonds. The minimum atomic E-state index is -1.24. The van der Waals surface area contributed by atoms with Crippen molar-refractivity contribution >= 4 is 11.7 Å². The standard InChI is InChI=1S/C11H11N5O4/c12-5-9-10(11(17)18)13-14-15(9)6-7-3-1-2-4-8(7)16(19)20/h1-4H,5-6,12H2,(H,17,18). The lowest BCUT2D eigenvalue weighted by Crippen LogP contribution is -2.13. The van der Waals surface area contributed by atoms with Gasteiger partial charge in [-0.3, -0.25) is 10.1 Å². The van der Waals surface area contributed by atoms with E-state index in [9.17, 15) is 14.9 Å². The van der Waals surface area contributed by atoms with Crippen molar-refractivity contribution < 1.29 is 14.8 Å². The summed E-state index contributed by atoms with van der Waals surface area (Å²) in [5, 5.41) is 27.1. The number of rotatable bonds is 5. The van der Waals surface area contributed by atoms with Gasteiger partial charge in [-0.15, -0.1) is 5.10 Å². The van der Waals surface area contributed by atoms with Gasteiger partial charge in [-0.05, 0) is 0 Å². The first kappa shape index (κ1) is 13.6. The normalized spacial score (nSPS) is 10.4. The summed E-state index contributed by atoms with van der Waals surface area (Å²) in [4.78, 5) is 21.4. The molecule has 0 atom stereocenters. The summed E-state index contributed by atoms with van der Waals surface area (Å²) < 4.78 is 1.26. The van der Waals surface area contributed by atoms with Crippen LogP contribution in [0.15, 0.2) is 24.3 Å². The minimum Gasteiger partial charge on any atom is -0.476 e. The predicted octanol–water partition coefficient (Wildman–Crippen LogP) is 0.391. The number of carboxylic acids is 1. The van der Waals surface area contributed by atoms with Gasteiger partial charge >= 0.3 is 5.97 Å². The first-order valence-electron chi connectivity index (χ1n) is 5.62. The van der Waals surface area contributed by atoms with E-state index in [1.807, 2.05) is 0 Å². The number of nitro groups is 1. The first-order chi connectivity index (χ1) is 9.54. The fraction of sp³-hybridized carbons (Fsp3) is 0.182. The first-order valence-corrected chi connectivity index (χ1v) is 5.62. The minimum absolute atomic E-state index is 0.0317. The molecule has 1 heterocycles. The smallest absolute Gasteiger partial charge is 0.358 e. The van der Waals surface area contributed by atoms with Crippen LogP contribution in [0.3, 0.4) is 0 Å². The van der Waals surface area contributed by atoms with E-state index in [0.717, 1.165) is 0 Å². The van der Waals surface area contributed by atoms with Crippen LogP contribution in [0.1, 0.15) is 21.7 Å². The SMILES string of the molecule is NCc1c(C(=O)O)nnn1Cc1ccccc1[N+](=O)[O-]. The maximum absolute atomic E-state index is 10.9. The molecule has 1 aromatic carbocycles. The van der Waals surface area contributed by atoms with E-state index in [4.69, 9.17) is 10.8 Å². The zero-order chi connectivity index (χ0) is 14.7. The number of carbonyl (C=O) groups is 1. The molecule has 104 valence electrons. The van der Waals surface area contributed by atoms with Gasteiger partial charge in [-0.2, -0.15) is 0 Å². The molecule has 0 saturated carbocycles. The van der Waals surface area contributed by atoms with Crippen molar-refractivity contribution in [3.8, 4) is 0 Å². The van der Waals surface area contributed by atoms with Gasteiger partial charge in [0.2, 0.25) is 0 Å². The Bertz CT molecular complexity index is 667. The monoisotopic (exact) mass is 277 g/mol. The summed E-state index contributed by atoms with van der Waals surface area (Å²) in [6.07, 6.45) is 0. The Morgan fingerprint density at radius 3 is 2.75 bits per heavy atom. The number of carboxylic acid groups (broad SMARTS) is 1. The van der Waals surface area contributed by atoms with Crippen LogP contribution in [0.5, 0.6) is 0 Å². The molecule has 0 radical (unpaired) electrons. The van der Waals surface area contributed by atoms with Crippen LogP contribution >= 0.6 is 0 Å². The third kappa shape index (κ3) is 2.47. The predicted molar refractivity (Wildman–Crippen MR) is 67.1 cm³/mol. The molecule has 0 spiro atoms. The molecular weight excluding hydrogens is 266 g/mol. The van der Waals surface area contributed by atoms with Gasteiger partial charge in [0, 0.05) is 12.6 Å². The molecule has 1 aromatic heterocycles. The number of benzene rings is 1. The maximum atomic E-state index is 10.9. The number of hydrogen-bond donors (Lipinski definition) is 2. The fourth-order valence-corrected chi connectivity index (χ4v) is 1.81. The number of nitrogens with zero attached hydrogens (tertiary/aromatic N) is 4. The Balaban J connectivity index is 2.41. The molecule has 0 unspecified atom stereocenters. The number of aromatic carboxylic acids is 1. The van der Waals surface area contributed by atoms with Gasteiger partial charge in [-0.1, -0.05) is 23.4 Å². The second kappa shape index (κ2) is 5.45. The molecular formula is C11H11N5O4. The zero-order valence-electron chi connectivity index (χ0n) is 10.3. The molecule has 0 aliphatic rings. The second-order valence-corrected chi connectivity index (χ2v) is 3.94. The molecule has 3 N–H and O–H groups in total. The molecule has 2 rings (SSSR count). The van der Waals surface area contributed by atoms with E-state index < -0.39 is 10.9 Å². The summed E-state index contributed by atoms with van der Waals surface area (Å²) in [5.74, 6) is -1.24. The second-order valence-electron chi connectivity index (χ2n) is 3.94. The summed E-state index contributed by atoms with van der Waals surface area (Å²) in [6, 6.07) is 6.14. The van der Waals surface area contributed by atoms with Crippen LogP contribution < -0.4 is 5.73 Å². The van der Waals surface area contributed by atoms with Crippen molar-refractivity contribution in [2.24, 2.45) is 5.73 Å². The largest absolute Gasteiger partial charge is 0.476 e. The Hall–Kier alpha value is -2.81. The van der Waals surface area contributed by atoms with Crippen LogP contribution in [0.2, 0.25) is 0 Å². The topological polar surface area (TPSA) is 137 Å². The van der Waals surface area contributed by atoms with Crippen LogP contribution in [0.4, 0.5) is 5.69 Å². The van der Waals surface area contributed by atoms with E-state index in [0.29, 0.717) is 5.56 Å². The summed E-state index contributed by atoms with van der Waals surface area (Å²) in [5.41, 5.74) is 5.79. The van der Waals surface area contributed by atoms with Gasteiger partial charge in [0.25, 0.3) is 5.69 Å². The Morgan fingerprint density at radius 1 is 1.45 bits per heavy atom. The van der Waals surface area contributed by atoms with Crippen molar-refractivity contribution in [1.82, 2.24) is 15.0 Å². The molecule has 2 aromatic rings. The molecule has 9 nitrogen and oxygen atoms in total. The van der Waals surface area contributed by atoms with Gasteiger partial charge < -0.3 is 10.8 Å². The lowest BCUT2D eigenvalue weighted by molar-refractivity contribution is -0.385. The van der Waals surface area contributed by atoms with Crippen LogP contribution in [0, 0.1) is 10.1 Å². The number of nitro benzene ring substituents is 1. The van der Waals surface area contributed by atoms with Crippen LogP contribution in [-0.4, -0.2) is 31.0 Å². The Labute approximate surface area is 112 Å². The van der Waals surface area contributed by atoms with Crippen molar-refractivity contribution in [2.45, 2.75) is 13.1 Å². The quantitative estimate of drug-likeness (QED) is 0.595. The third-order valence-electron chi connectivity index (χ3n) is 2.74. The van der Waals surface area contributed by atoms with Crippen LogP contribution in [-0.2, 0) is 13.1 Å². The molecule has 0 aliphatic heterocycles. The Morgan fingerprint density at radius 2 is 2.15 bits per heavy atom. The average molecular weight is 277 g/mol. The van der Waals surface area contributed by atoms with Crippen molar-refractivity contribution in [2.75, 3.05) is 0 Å². The lowest BCUT2D eigenvalue weighted by Gasteiger charge is -2.05. The van der Waals surface area contributed by atoms with E-state index in [2.05, 4.69) is 10.3 Å². The molecule has 0 fully saturated rings. The van der Waals surface area contributed by atoms with Crippen LogP contribution in [0.25, 0.3) is 0 Å². The molecule has 0 saturated heterocycles. The van der Waals surface area contributed by atoms with Gasteiger partial charge in [0.1, 0.15) is 0 Å². The highest BCUT2D eigenvalue weighted by atomic mass is 16.6. The number of hydrogen-bond acceptors (Lipinski definition) is 6. The molecule has 0 bridgehead atoms. The van der Waals surface area contributed by atoms with E-state index >= 15 is 0 Å². The highest BCUT2D eigenvalue weighted by Gasteiger charge is 2.20. The molecule has 20 heavy (non-hydrogen) atoms. The summed E-state index contributed by atoms with van der Waals surface area (Å²) in [6.45, 7) is -0.0424. The zero-order valence-corrected chi connectivity index (χ0v) is 10.3. The fourth-order valence-electron chi connectivity index (χ4n) is 1.81. The van der Waals surface area contributed by atoms with E-state index in [1.54, 1.807) is 18.2 Å². The van der Waals surface area contributed by atoms with Crippen molar-refractivity contribution in [3.05, 3.63) is 51.3 Å². The van der Waals surface area contributed by atoms with E-state index in [-0.39, 0.29) is 30.2 Å². The van der Waals surface area contributed by atoms with Gasteiger partial charge in [0.05, 0.1) is 22.7 Å². The van der Waals surface area contributed by atoms with Crippen molar-refractivity contribution in [1.29, 1.82) is 0 Å². The summed E-state index contributed by atoms with van der Waals surface area (Å²) >= 11 is 0. The number of nitrogens with two attached hydrogens (primary N) is 1. The van der Waals surface area contributed by atoms with Crippen molar-refractivity contribution in [3.63, 3.8) is 0 Å². The highest BCUT2D eigenvalue weighted by molar-refractivity contribution is 5.86. The van der Waals surface area contributed by atoms with E-state index in [1.165, 1.54) is 10.7 Å². The lowest BCUT2D eigenvalue weighted by atomic mass is 10.2. The highest BCUT2D eigenvalue weighted by Crippen LogP contribution is 2.19. The molecule has 0 aliphatic carbocycles. The maximum Gasteiger partial charge on any atom is 0.358 e. The Kier molecular flexibility index (Phi) is 3.71. The summed E-state index contributed by atoms with van der Waals surface area (Å²) in [7, 11) is 0. The van der Waals surface area contributed by atoms with Gasteiger partial charge in [-0.25, -0.2) is 9.48 Å². The molecule has 9 heteroatoms. The number of aromatic nitrogens is 3. The average Bonchev–Trinajstić information content (AvgIpc) is 2.82. The van der Waals surface area contributed by atoms with Gasteiger partial charge in [0.15, 0.2) is 5.69 Å².